The molecular formula is C28H33N3O2S. The molecule has 5 rings (SSSR count). The number of nitrogens with zero attached hydrogens (tertiary/aromatic N) is 2. The number of fused-ring (bicyclic) bond motifs is 1. The van der Waals surface area contributed by atoms with Gasteiger partial charge in [-0.05, 0) is 48.9 Å². The molecule has 1 aromatic carbocycles. The van der Waals surface area contributed by atoms with Crippen LogP contribution in [0.3, 0.4) is 0 Å². The summed E-state index contributed by atoms with van der Waals surface area (Å²) in [5.74, 6) is -0.126. The average Bonchev–Trinajstić information content (AvgIpc) is 3.49. The van der Waals surface area contributed by atoms with Crippen LogP contribution in [0, 0.1) is 0 Å². The highest BCUT2D eigenvalue weighted by Gasteiger charge is 2.48. The molecule has 2 amide bonds. The van der Waals surface area contributed by atoms with Crippen LogP contribution in [0.15, 0.2) is 60.0 Å². The molecule has 0 saturated heterocycles. The third-order valence-electron chi connectivity index (χ3n) is 7.40. The summed E-state index contributed by atoms with van der Waals surface area (Å²) in [6, 6.07) is 18.2. The summed E-state index contributed by atoms with van der Waals surface area (Å²) in [4.78, 5) is 30.6. The average molecular weight is 476 g/mol. The van der Waals surface area contributed by atoms with Gasteiger partial charge in [-0.15, -0.1) is 11.3 Å². The van der Waals surface area contributed by atoms with E-state index in [0.29, 0.717) is 18.8 Å². The highest BCUT2D eigenvalue weighted by molar-refractivity contribution is 7.09. The zero-order valence-corrected chi connectivity index (χ0v) is 20.7. The fourth-order valence-corrected chi connectivity index (χ4v) is 6.07. The molecular weight excluding hydrogens is 442 g/mol. The summed E-state index contributed by atoms with van der Waals surface area (Å²) in [6.45, 7) is 2.82. The molecule has 1 atom stereocenters. The molecule has 1 aliphatic heterocycles. The Morgan fingerprint density at radius 1 is 0.971 bits per heavy atom. The molecule has 1 saturated carbocycles. The van der Waals surface area contributed by atoms with Crippen molar-refractivity contribution in [3.05, 3.63) is 70.5 Å². The Labute approximate surface area is 205 Å². The van der Waals surface area contributed by atoms with E-state index in [1.807, 2.05) is 59.3 Å². The van der Waals surface area contributed by atoms with E-state index in [4.69, 9.17) is 0 Å². The van der Waals surface area contributed by atoms with Crippen LogP contribution in [-0.4, -0.2) is 32.9 Å². The summed E-state index contributed by atoms with van der Waals surface area (Å²) >= 11 is 1.62. The number of hydrogen-bond donors (Lipinski definition) is 1. The van der Waals surface area contributed by atoms with Crippen molar-refractivity contribution in [1.29, 1.82) is 0 Å². The van der Waals surface area contributed by atoms with Gasteiger partial charge < -0.3 is 14.8 Å². The third-order valence-corrected chi connectivity index (χ3v) is 8.26. The molecule has 0 unspecified atom stereocenters. The fourth-order valence-electron chi connectivity index (χ4n) is 5.38. The van der Waals surface area contributed by atoms with E-state index < -0.39 is 5.54 Å². The van der Waals surface area contributed by atoms with Crippen molar-refractivity contribution in [3.63, 3.8) is 0 Å². The van der Waals surface area contributed by atoms with Gasteiger partial charge in [0.15, 0.2) is 0 Å². The monoisotopic (exact) mass is 475 g/mol. The van der Waals surface area contributed by atoms with E-state index >= 15 is 0 Å². The number of thiophene rings is 1. The summed E-state index contributed by atoms with van der Waals surface area (Å²) in [5.41, 5.74) is 1.70. The van der Waals surface area contributed by atoms with E-state index in [1.54, 1.807) is 16.2 Å². The summed E-state index contributed by atoms with van der Waals surface area (Å²) in [7, 11) is 0. The van der Waals surface area contributed by atoms with Crippen molar-refractivity contribution in [2.24, 2.45) is 0 Å². The minimum Gasteiger partial charge on any atom is -0.351 e. The maximum absolute atomic E-state index is 13.9. The summed E-state index contributed by atoms with van der Waals surface area (Å²) in [5, 5.41) is 5.39. The Morgan fingerprint density at radius 3 is 2.38 bits per heavy atom. The second-order valence-electron chi connectivity index (χ2n) is 9.82. The van der Waals surface area contributed by atoms with Crippen molar-refractivity contribution < 1.29 is 9.59 Å². The van der Waals surface area contributed by atoms with Crippen LogP contribution in [0.5, 0.6) is 0 Å². The molecule has 0 radical (unpaired) electrons. The Bertz CT molecular complexity index is 1130. The molecule has 0 spiro atoms. The maximum Gasteiger partial charge on any atom is 0.271 e. The highest BCUT2D eigenvalue weighted by Crippen LogP contribution is 2.35. The van der Waals surface area contributed by atoms with Gasteiger partial charge in [0.25, 0.3) is 5.91 Å². The van der Waals surface area contributed by atoms with E-state index in [1.165, 1.54) is 19.3 Å². The molecule has 1 fully saturated rings. The Morgan fingerprint density at radius 2 is 1.68 bits per heavy atom. The van der Waals surface area contributed by atoms with Gasteiger partial charge in [0.2, 0.25) is 5.91 Å². The van der Waals surface area contributed by atoms with Crippen molar-refractivity contribution >= 4 is 23.2 Å². The molecule has 178 valence electrons. The lowest BCUT2D eigenvalue weighted by atomic mass is 9.92. The maximum atomic E-state index is 13.9. The van der Waals surface area contributed by atoms with Gasteiger partial charge in [-0.1, -0.05) is 68.5 Å². The van der Waals surface area contributed by atoms with Crippen molar-refractivity contribution in [1.82, 2.24) is 14.8 Å². The lowest BCUT2D eigenvalue weighted by Crippen LogP contribution is -2.64. The van der Waals surface area contributed by atoms with Crippen LogP contribution in [0.1, 0.15) is 67.2 Å². The largest absolute Gasteiger partial charge is 0.351 e. The lowest BCUT2D eigenvalue weighted by Gasteiger charge is -2.45. The van der Waals surface area contributed by atoms with Gasteiger partial charge in [-0.25, -0.2) is 0 Å². The number of benzene rings is 1. The number of rotatable bonds is 5. The zero-order chi connectivity index (χ0) is 23.5. The van der Waals surface area contributed by atoms with Gasteiger partial charge in [-0.3, -0.25) is 9.59 Å². The normalized spacial score (nSPS) is 21.6. The SMILES string of the molecule is C[C@]1(C(=O)NC2CCCCCCC2)Cn2c(ccc2-c2ccccc2)C(=O)N1Cc1cccs1. The number of carbonyl (C=O) groups is 2. The van der Waals surface area contributed by atoms with Gasteiger partial charge in [0.05, 0.1) is 13.1 Å². The minimum atomic E-state index is -0.973. The Hall–Kier alpha value is -2.86. The lowest BCUT2D eigenvalue weighted by molar-refractivity contribution is -0.134. The first kappa shape index (κ1) is 22.9. The van der Waals surface area contributed by atoms with Crippen molar-refractivity contribution in [2.75, 3.05) is 0 Å². The van der Waals surface area contributed by atoms with Gasteiger partial charge in [-0.2, -0.15) is 0 Å². The second kappa shape index (κ2) is 9.79. The van der Waals surface area contributed by atoms with Crippen LogP contribution in [0.25, 0.3) is 11.3 Å². The first-order valence-electron chi connectivity index (χ1n) is 12.5. The van der Waals surface area contributed by atoms with Gasteiger partial charge in [0, 0.05) is 16.6 Å². The molecule has 1 N–H and O–H groups in total. The first-order valence-corrected chi connectivity index (χ1v) is 13.3. The second-order valence-corrected chi connectivity index (χ2v) is 10.8. The molecule has 0 bridgehead atoms. The molecule has 3 heterocycles. The number of hydrogen-bond acceptors (Lipinski definition) is 3. The van der Waals surface area contributed by atoms with E-state index in [9.17, 15) is 9.59 Å². The van der Waals surface area contributed by atoms with Crippen LogP contribution < -0.4 is 5.32 Å². The molecule has 34 heavy (non-hydrogen) atoms. The Kier molecular flexibility index (Phi) is 6.59. The first-order chi connectivity index (χ1) is 16.6. The number of aromatic nitrogens is 1. The van der Waals surface area contributed by atoms with Crippen LogP contribution in [-0.2, 0) is 17.9 Å². The highest BCUT2D eigenvalue weighted by atomic mass is 32.1. The molecule has 6 heteroatoms. The predicted molar refractivity (Wildman–Crippen MR) is 137 cm³/mol. The molecule has 3 aromatic rings. The standard InChI is InChI=1S/C28H33N3O2S/c1-28(27(33)29-22-13-8-3-2-4-9-14-22)20-30-24(21-11-6-5-7-12-21)16-17-25(30)26(32)31(28)19-23-15-10-18-34-23/h5-7,10-12,15-18,22H,2-4,8-9,13-14,19-20H2,1H3,(H,29,33)/t28-/m1/s1. The van der Waals surface area contributed by atoms with Crippen LogP contribution in [0.2, 0.25) is 0 Å². The summed E-state index contributed by atoms with van der Waals surface area (Å²) in [6.07, 6.45) is 8.11. The van der Waals surface area contributed by atoms with E-state index in [2.05, 4.69) is 17.4 Å². The molecule has 1 aliphatic carbocycles. The number of carbonyl (C=O) groups excluding carboxylic acids is 2. The van der Waals surface area contributed by atoms with Crippen molar-refractivity contribution in [2.45, 2.75) is 76.5 Å². The minimum absolute atomic E-state index is 0.0404. The van der Waals surface area contributed by atoms with Gasteiger partial charge in [0.1, 0.15) is 11.2 Å². The van der Waals surface area contributed by atoms with Crippen LogP contribution >= 0.6 is 11.3 Å². The Balaban J connectivity index is 1.49. The quantitative estimate of drug-likeness (QED) is 0.502. The van der Waals surface area contributed by atoms with Gasteiger partial charge >= 0.3 is 0 Å². The fraction of sp³-hybridized carbons (Fsp3) is 0.429. The number of nitrogens with one attached hydrogen (secondary N) is 1. The van der Waals surface area contributed by atoms with E-state index in [-0.39, 0.29) is 17.9 Å². The molecule has 2 aliphatic rings. The van der Waals surface area contributed by atoms with Crippen molar-refractivity contribution in [3.8, 4) is 11.3 Å². The van der Waals surface area contributed by atoms with Crippen LogP contribution in [0.4, 0.5) is 0 Å². The number of amides is 2. The predicted octanol–water partition coefficient (Wildman–Crippen LogP) is 5.86. The summed E-state index contributed by atoms with van der Waals surface area (Å²) < 4.78 is 2.04. The topological polar surface area (TPSA) is 54.3 Å². The smallest absolute Gasteiger partial charge is 0.271 e. The molecule has 2 aromatic heterocycles. The zero-order valence-electron chi connectivity index (χ0n) is 19.8. The third kappa shape index (κ3) is 4.43. The van der Waals surface area contributed by atoms with E-state index in [0.717, 1.165) is 41.8 Å². The molecule has 5 nitrogen and oxygen atoms in total.